The number of ether oxygens (including phenoxy) is 1. The van der Waals surface area contributed by atoms with Crippen molar-refractivity contribution in [2.75, 3.05) is 26.8 Å². The third-order valence-corrected chi connectivity index (χ3v) is 3.25. The van der Waals surface area contributed by atoms with E-state index >= 15 is 0 Å². The van der Waals surface area contributed by atoms with E-state index in [9.17, 15) is 0 Å². The zero-order chi connectivity index (χ0) is 11.9. The molecule has 2 heteroatoms. The summed E-state index contributed by atoms with van der Waals surface area (Å²) in [6.45, 7) is 14.5. The quantitative estimate of drug-likeness (QED) is 0.629. The Morgan fingerprint density at radius 2 is 1.80 bits per heavy atom. The first-order valence-electron chi connectivity index (χ1n) is 6.09. The Kier molecular flexibility index (Phi) is 7.20. The lowest BCUT2D eigenvalue weighted by Gasteiger charge is -2.31. The second-order valence-corrected chi connectivity index (χ2v) is 5.69. The molecule has 1 atom stereocenters. The average Bonchev–Trinajstić information content (AvgIpc) is 2.12. The smallest absolute Gasteiger partial charge is 0.0492 e. The van der Waals surface area contributed by atoms with Gasteiger partial charge in [0.2, 0.25) is 0 Å². The predicted molar refractivity (Wildman–Crippen MR) is 67.1 cm³/mol. The van der Waals surface area contributed by atoms with Gasteiger partial charge in [-0.2, -0.15) is 0 Å². The first kappa shape index (κ1) is 14.9. The Morgan fingerprint density at radius 3 is 2.27 bits per heavy atom. The summed E-state index contributed by atoms with van der Waals surface area (Å²) < 4.78 is 5.21. The van der Waals surface area contributed by atoms with E-state index in [4.69, 9.17) is 4.74 Å². The van der Waals surface area contributed by atoms with Crippen molar-refractivity contribution in [2.24, 2.45) is 17.3 Å². The fourth-order valence-corrected chi connectivity index (χ4v) is 1.52. The van der Waals surface area contributed by atoms with Gasteiger partial charge < -0.3 is 10.1 Å². The summed E-state index contributed by atoms with van der Waals surface area (Å²) in [7, 11) is 1.78. The number of methoxy groups -OCH3 is 1. The van der Waals surface area contributed by atoms with Crippen molar-refractivity contribution in [3.8, 4) is 0 Å². The molecule has 0 radical (unpaired) electrons. The highest BCUT2D eigenvalue weighted by atomic mass is 16.5. The summed E-state index contributed by atoms with van der Waals surface area (Å²) >= 11 is 0. The van der Waals surface area contributed by atoms with Gasteiger partial charge >= 0.3 is 0 Å². The minimum atomic E-state index is 0.361. The van der Waals surface area contributed by atoms with Gasteiger partial charge in [-0.3, -0.25) is 0 Å². The van der Waals surface area contributed by atoms with Crippen molar-refractivity contribution in [2.45, 2.75) is 41.0 Å². The summed E-state index contributed by atoms with van der Waals surface area (Å²) in [5.41, 5.74) is 0.361. The fourth-order valence-electron chi connectivity index (χ4n) is 1.52. The molecule has 0 saturated heterocycles. The highest BCUT2D eigenvalue weighted by Gasteiger charge is 2.24. The molecule has 2 nitrogen and oxygen atoms in total. The standard InChI is InChI=1S/C13H29NO/c1-11(2)9-14-8-7-13(4,5)12(3)10-15-6/h11-12,14H,7-10H2,1-6H3. The van der Waals surface area contributed by atoms with Crippen LogP contribution in [0.1, 0.15) is 41.0 Å². The van der Waals surface area contributed by atoms with Crippen molar-refractivity contribution in [3.63, 3.8) is 0 Å². The maximum Gasteiger partial charge on any atom is 0.0492 e. The van der Waals surface area contributed by atoms with Crippen molar-refractivity contribution in [3.05, 3.63) is 0 Å². The molecule has 1 N–H and O–H groups in total. The molecule has 0 heterocycles. The van der Waals surface area contributed by atoms with Crippen LogP contribution in [0.2, 0.25) is 0 Å². The molecular weight excluding hydrogens is 186 g/mol. The van der Waals surface area contributed by atoms with Crippen LogP contribution in [0, 0.1) is 17.3 Å². The van der Waals surface area contributed by atoms with Crippen LogP contribution in [0.15, 0.2) is 0 Å². The van der Waals surface area contributed by atoms with Crippen molar-refractivity contribution >= 4 is 0 Å². The van der Waals surface area contributed by atoms with Crippen LogP contribution < -0.4 is 5.32 Å². The Labute approximate surface area is 95.8 Å². The summed E-state index contributed by atoms with van der Waals surface area (Å²) in [5.74, 6) is 1.35. The van der Waals surface area contributed by atoms with E-state index in [1.807, 2.05) is 0 Å². The van der Waals surface area contributed by atoms with Crippen LogP contribution in [0.4, 0.5) is 0 Å². The number of hydrogen-bond acceptors (Lipinski definition) is 2. The number of rotatable bonds is 8. The minimum absolute atomic E-state index is 0.361. The van der Waals surface area contributed by atoms with Crippen LogP contribution in [0.3, 0.4) is 0 Å². The third-order valence-electron chi connectivity index (χ3n) is 3.25. The molecule has 0 saturated carbocycles. The molecule has 0 bridgehead atoms. The molecule has 0 rings (SSSR count). The summed E-state index contributed by atoms with van der Waals surface area (Å²) in [6, 6.07) is 0. The number of hydrogen-bond donors (Lipinski definition) is 1. The predicted octanol–water partition coefficient (Wildman–Crippen LogP) is 2.93. The molecule has 15 heavy (non-hydrogen) atoms. The van der Waals surface area contributed by atoms with E-state index in [-0.39, 0.29) is 0 Å². The van der Waals surface area contributed by atoms with Crippen molar-refractivity contribution in [1.82, 2.24) is 5.32 Å². The SMILES string of the molecule is COCC(C)C(C)(C)CCNCC(C)C. The highest BCUT2D eigenvalue weighted by Crippen LogP contribution is 2.30. The van der Waals surface area contributed by atoms with E-state index in [1.165, 1.54) is 6.42 Å². The highest BCUT2D eigenvalue weighted by molar-refractivity contribution is 4.76. The molecule has 0 spiro atoms. The van der Waals surface area contributed by atoms with E-state index in [1.54, 1.807) is 7.11 Å². The molecule has 0 aliphatic carbocycles. The second-order valence-electron chi connectivity index (χ2n) is 5.69. The third kappa shape index (κ3) is 6.91. The molecule has 1 unspecified atom stereocenters. The van der Waals surface area contributed by atoms with Gasteiger partial charge in [0.1, 0.15) is 0 Å². The van der Waals surface area contributed by atoms with Crippen molar-refractivity contribution in [1.29, 1.82) is 0 Å². The monoisotopic (exact) mass is 215 g/mol. The molecule has 0 aromatic carbocycles. The molecule has 0 aromatic heterocycles. The first-order valence-corrected chi connectivity index (χ1v) is 6.09. The fraction of sp³-hybridized carbons (Fsp3) is 1.00. The van der Waals surface area contributed by atoms with Crippen LogP contribution in [-0.4, -0.2) is 26.8 Å². The van der Waals surface area contributed by atoms with Gasteiger partial charge in [0.25, 0.3) is 0 Å². The van der Waals surface area contributed by atoms with E-state index in [0.29, 0.717) is 11.3 Å². The van der Waals surface area contributed by atoms with E-state index in [2.05, 4.69) is 39.9 Å². The molecule has 0 aliphatic rings. The van der Waals surface area contributed by atoms with Gasteiger partial charge in [-0.25, -0.2) is 0 Å². The van der Waals surface area contributed by atoms with E-state index < -0.39 is 0 Å². The van der Waals surface area contributed by atoms with Crippen LogP contribution in [-0.2, 0) is 4.74 Å². The lowest BCUT2D eigenvalue weighted by Crippen LogP contribution is -2.31. The van der Waals surface area contributed by atoms with Crippen LogP contribution >= 0.6 is 0 Å². The van der Waals surface area contributed by atoms with Gasteiger partial charge in [0, 0.05) is 13.7 Å². The molecule has 0 fully saturated rings. The Bertz CT molecular complexity index is 155. The summed E-state index contributed by atoms with van der Waals surface area (Å²) in [6.07, 6.45) is 1.21. The zero-order valence-corrected chi connectivity index (χ0v) is 11.4. The largest absolute Gasteiger partial charge is 0.384 e. The van der Waals surface area contributed by atoms with Crippen LogP contribution in [0.25, 0.3) is 0 Å². The van der Waals surface area contributed by atoms with Gasteiger partial charge in [-0.1, -0.05) is 34.6 Å². The molecule has 0 aromatic rings. The van der Waals surface area contributed by atoms with Crippen molar-refractivity contribution < 1.29 is 4.74 Å². The minimum Gasteiger partial charge on any atom is -0.384 e. The van der Waals surface area contributed by atoms with Crippen LogP contribution in [0.5, 0.6) is 0 Å². The normalized spacial score (nSPS) is 14.6. The van der Waals surface area contributed by atoms with Gasteiger partial charge in [0.05, 0.1) is 0 Å². The van der Waals surface area contributed by atoms with E-state index in [0.717, 1.165) is 25.6 Å². The Balaban J connectivity index is 3.72. The maximum absolute atomic E-state index is 5.21. The summed E-state index contributed by atoms with van der Waals surface area (Å²) in [5, 5.41) is 3.50. The van der Waals surface area contributed by atoms with Gasteiger partial charge in [0.15, 0.2) is 0 Å². The zero-order valence-electron chi connectivity index (χ0n) is 11.4. The van der Waals surface area contributed by atoms with Gasteiger partial charge in [-0.15, -0.1) is 0 Å². The number of nitrogens with one attached hydrogen (secondary N) is 1. The molecule has 0 amide bonds. The molecule has 92 valence electrons. The summed E-state index contributed by atoms with van der Waals surface area (Å²) in [4.78, 5) is 0. The Morgan fingerprint density at radius 1 is 1.20 bits per heavy atom. The Hall–Kier alpha value is -0.0800. The van der Waals surface area contributed by atoms with Gasteiger partial charge in [-0.05, 0) is 36.8 Å². The second kappa shape index (κ2) is 7.24. The topological polar surface area (TPSA) is 21.3 Å². The lowest BCUT2D eigenvalue weighted by atomic mass is 9.77. The average molecular weight is 215 g/mol. The molecule has 0 aliphatic heterocycles. The first-order chi connectivity index (χ1) is 6.90. The lowest BCUT2D eigenvalue weighted by molar-refractivity contribution is 0.0861. The maximum atomic E-state index is 5.21. The molecular formula is C13H29NO.